The Kier molecular flexibility index (Phi) is 3.01. The number of halogens is 1. The van der Waals surface area contributed by atoms with Gasteiger partial charge in [-0.2, -0.15) is 0 Å². The highest BCUT2D eigenvalue weighted by molar-refractivity contribution is 9.10. The number of rotatable bonds is 1. The van der Waals surface area contributed by atoms with Crippen LogP contribution in [0.15, 0.2) is 22.7 Å². The fourth-order valence-electron chi connectivity index (χ4n) is 2.99. The van der Waals surface area contributed by atoms with Gasteiger partial charge in [0.2, 0.25) is 0 Å². The van der Waals surface area contributed by atoms with Gasteiger partial charge in [-0.05, 0) is 37.5 Å². The van der Waals surface area contributed by atoms with Gasteiger partial charge in [-0.3, -0.25) is 0 Å². The quantitative estimate of drug-likeness (QED) is 0.810. The number of nitrogens with two attached hydrogens (primary N) is 1. The van der Waals surface area contributed by atoms with E-state index in [0.29, 0.717) is 12.1 Å². The van der Waals surface area contributed by atoms with Crippen LogP contribution in [0.25, 0.3) is 0 Å². The molecule has 1 aromatic rings. The molecule has 2 unspecified atom stereocenters. The van der Waals surface area contributed by atoms with Crippen LogP contribution in [0.1, 0.15) is 19.3 Å². The van der Waals surface area contributed by atoms with Gasteiger partial charge in [-0.1, -0.05) is 15.9 Å². The minimum absolute atomic E-state index is 0.405. The lowest BCUT2D eigenvalue weighted by Gasteiger charge is -2.40. The van der Waals surface area contributed by atoms with Crippen LogP contribution in [0.5, 0.6) is 0 Å². The predicted molar refractivity (Wildman–Crippen MR) is 73.3 cm³/mol. The van der Waals surface area contributed by atoms with Crippen molar-refractivity contribution < 1.29 is 4.74 Å². The highest BCUT2D eigenvalue weighted by Crippen LogP contribution is 2.36. The average molecular weight is 297 g/mol. The van der Waals surface area contributed by atoms with Crippen molar-refractivity contribution in [1.29, 1.82) is 0 Å². The molecule has 1 aliphatic carbocycles. The molecule has 0 amide bonds. The van der Waals surface area contributed by atoms with Crippen LogP contribution in [-0.4, -0.2) is 25.3 Å². The van der Waals surface area contributed by atoms with Crippen LogP contribution in [0.3, 0.4) is 0 Å². The van der Waals surface area contributed by atoms with Crippen molar-refractivity contribution in [2.24, 2.45) is 0 Å². The molecule has 3 nitrogen and oxygen atoms in total. The van der Waals surface area contributed by atoms with E-state index in [1.807, 2.05) is 12.1 Å². The van der Waals surface area contributed by atoms with Crippen LogP contribution in [0.4, 0.5) is 11.4 Å². The molecule has 2 fully saturated rings. The van der Waals surface area contributed by atoms with Crippen molar-refractivity contribution in [3.8, 4) is 0 Å². The third kappa shape index (κ3) is 2.04. The molecule has 1 aliphatic heterocycles. The molecule has 1 saturated carbocycles. The number of fused-ring (bicyclic) bond motifs is 1. The molecule has 1 heterocycles. The second-order valence-corrected chi connectivity index (χ2v) is 5.72. The molecule has 1 saturated heterocycles. The summed E-state index contributed by atoms with van der Waals surface area (Å²) in [6, 6.07) is 6.60. The normalized spacial score (nSPS) is 28.2. The molecule has 2 atom stereocenters. The van der Waals surface area contributed by atoms with E-state index in [2.05, 4.69) is 26.9 Å². The smallest absolute Gasteiger partial charge is 0.0779 e. The highest BCUT2D eigenvalue weighted by Gasteiger charge is 2.36. The van der Waals surface area contributed by atoms with Crippen molar-refractivity contribution in [1.82, 2.24) is 0 Å². The van der Waals surface area contributed by atoms with Crippen LogP contribution in [0.2, 0.25) is 0 Å². The lowest BCUT2D eigenvalue weighted by atomic mass is 10.1. The van der Waals surface area contributed by atoms with Crippen molar-refractivity contribution in [2.45, 2.75) is 31.4 Å². The van der Waals surface area contributed by atoms with E-state index in [4.69, 9.17) is 10.5 Å². The Morgan fingerprint density at radius 1 is 1.35 bits per heavy atom. The van der Waals surface area contributed by atoms with Crippen LogP contribution in [-0.2, 0) is 4.74 Å². The molecule has 0 aromatic heterocycles. The molecule has 0 radical (unpaired) electrons. The van der Waals surface area contributed by atoms with Crippen molar-refractivity contribution in [3.05, 3.63) is 22.7 Å². The Labute approximate surface area is 110 Å². The molecule has 0 bridgehead atoms. The number of nitrogen functional groups attached to an aromatic ring is 1. The zero-order valence-corrected chi connectivity index (χ0v) is 11.3. The topological polar surface area (TPSA) is 38.5 Å². The summed E-state index contributed by atoms with van der Waals surface area (Å²) in [5, 5.41) is 0. The molecule has 3 rings (SSSR count). The van der Waals surface area contributed by atoms with Gasteiger partial charge in [0.1, 0.15) is 0 Å². The Morgan fingerprint density at radius 3 is 3.12 bits per heavy atom. The van der Waals surface area contributed by atoms with Crippen molar-refractivity contribution in [3.63, 3.8) is 0 Å². The third-order valence-electron chi connectivity index (χ3n) is 3.78. The van der Waals surface area contributed by atoms with Gasteiger partial charge >= 0.3 is 0 Å². The SMILES string of the molecule is Nc1ccc(Br)cc1N1CCOC2CCCC21. The minimum Gasteiger partial charge on any atom is -0.397 e. The van der Waals surface area contributed by atoms with Gasteiger partial charge in [0.15, 0.2) is 0 Å². The van der Waals surface area contributed by atoms with Gasteiger partial charge in [-0.25, -0.2) is 0 Å². The number of nitrogens with zero attached hydrogens (tertiary/aromatic N) is 1. The Balaban J connectivity index is 1.94. The fraction of sp³-hybridized carbons (Fsp3) is 0.538. The highest BCUT2D eigenvalue weighted by atomic mass is 79.9. The number of anilines is 2. The van der Waals surface area contributed by atoms with E-state index in [1.54, 1.807) is 0 Å². The van der Waals surface area contributed by atoms with Gasteiger partial charge < -0.3 is 15.4 Å². The first-order chi connectivity index (χ1) is 8.25. The summed E-state index contributed by atoms with van der Waals surface area (Å²) < 4.78 is 6.92. The van der Waals surface area contributed by atoms with Crippen LogP contribution in [0, 0.1) is 0 Å². The average Bonchev–Trinajstić information content (AvgIpc) is 2.80. The summed E-state index contributed by atoms with van der Waals surface area (Å²) in [4.78, 5) is 2.43. The Morgan fingerprint density at radius 2 is 2.24 bits per heavy atom. The van der Waals surface area contributed by atoms with Gasteiger partial charge in [0.25, 0.3) is 0 Å². The first-order valence-corrected chi connectivity index (χ1v) is 6.98. The standard InChI is InChI=1S/C13H17BrN2O/c14-9-4-5-10(15)12(8-9)16-6-7-17-13-3-1-2-11(13)16/h4-5,8,11,13H,1-3,6-7,15H2. The first kappa shape index (κ1) is 11.4. The van der Waals surface area contributed by atoms with Gasteiger partial charge in [-0.15, -0.1) is 0 Å². The van der Waals surface area contributed by atoms with Crippen LogP contribution < -0.4 is 10.6 Å². The van der Waals surface area contributed by atoms with E-state index in [1.165, 1.54) is 19.3 Å². The van der Waals surface area contributed by atoms with Crippen molar-refractivity contribution in [2.75, 3.05) is 23.8 Å². The molecule has 1 aromatic carbocycles. The summed E-state index contributed by atoms with van der Waals surface area (Å²) in [6.45, 7) is 1.76. The number of morpholine rings is 1. The monoisotopic (exact) mass is 296 g/mol. The predicted octanol–water partition coefficient (Wildman–Crippen LogP) is 2.79. The number of benzene rings is 1. The summed E-state index contributed by atoms with van der Waals surface area (Å²) in [6.07, 6.45) is 4.08. The van der Waals surface area contributed by atoms with E-state index in [0.717, 1.165) is 29.0 Å². The Bertz CT molecular complexity index is 424. The molecule has 92 valence electrons. The molecular weight excluding hydrogens is 280 g/mol. The molecule has 17 heavy (non-hydrogen) atoms. The molecular formula is C13H17BrN2O. The Hall–Kier alpha value is -0.740. The zero-order chi connectivity index (χ0) is 11.8. The third-order valence-corrected chi connectivity index (χ3v) is 4.28. The molecule has 2 aliphatic rings. The lowest BCUT2D eigenvalue weighted by molar-refractivity contribution is 0.0257. The zero-order valence-electron chi connectivity index (χ0n) is 9.73. The number of hydrogen-bond acceptors (Lipinski definition) is 3. The number of hydrogen-bond donors (Lipinski definition) is 1. The van der Waals surface area contributed by atoms with Gasteiger partial charge in [0.05, 0.1) is 30.1 Å². The summed E-state index contributed by atoms with van der Waals surface area (Å²) in [7, 11) is 0. The minimum atomic E-state index is 0.405. The second-order valence-electron chi connectivity index (χ2n) is 4.80. The van der Waals surface area contributed by atoms with Crippen molar-refractivity contribution >= 4 is 27.3 Å². The molecule has 2 N–H and O–H groups in total. The molecule has 0 spiro atoms. The van der Waals surface area contributed by atoms with E-state index < -0.39 is 0 Å². The summed E-state index contributed by atoms with van der Waals surface area (Å²) in [5.74, 6) is 0. The first-order valence-electron chi connectivity index (χ1n) is 6.19. The van der Waals surface area contributed by atoms with Crippen LogP contribution >= 0.6 is 15.9 Å². The largest absolute Gasteiger partial charge is 0.397 e. The molecule has 4 heteroatoms. The maximum Gasteiger partial charge on any atom is 0.0779 e. The lowest BCUT2D eigenvalue weighted by Crippen LogP contribution is -2.48. The maximum absolute atomic E-state index is 6.10. The fourth-order valence-corrected chi connectivity index (χ4v) is 3.34. The van der Waals surface area contributed by atoms with Gasteiger partial charge in [0, 0.05) is 11.0 Å². The summed E-state index contributed by atoms with van der Waals surface area (Å²) >= 11 is 3.52. The second kappa shape index (κ2) is 4.50. The summed E-state index contributed by atoms with van der Waals surface area (Å²) in [5.41, 5.74) is 8.11. The van der Waals surface area contributed by atoms with E-state index >= 15 is 0 Å². The number of ether oxygens (including phenoxy) is 1. The maximum atomic E-state index is 6.10. The van der Waals surface area contributed by atoms with E-state index in [9.17, 15) is 0 Å². The van der Waals surface area contributed by atoms with E-state index in [-0.39, 0.29) is 0 Å².